The van der Waals surface area contributed by atoms with Gasteiger partial charge < -0.3 is 9.52 Å². The molecule has 1 aromatic heterocycles. The average Bonchev–Trinajstić information content (AvgIpc) is 2.75. The molecule has 1 heterocycles. The van der Waals surface area contributed by atoms with E-state index in [1.807, 2.05) is 25.2 Å². The number of hydrogen-bond donors (Lipinski definition) is 1. The first-order chi connectivity index (χ1) is 9.97. The molecule has 0 amide bonds. The molecular weight excluding hydrogens is 402 g/mol. The van der Waals surface area contributed by atoms with E-state index in [4.69, 9.17) is 9.52 Å². The summed E-state index contributed by atoms with van der Waals surface area (Å²) in [5.74, 6) is -0.0325. The minimum absolute atomic E-state index is 0.370. The SMILES string of the molecule is CN(CCc1ccccc1C(=O)O)Cc1cc(Br)c(Br)o1. The van der Waals surface area contributed by atoms with E-state index in [9.17, 15) is 4.79 Å². The summed E-state index contributed by atoms with van der Waals surface area (Å²) in [6, 6.07) is 9.03. The molecule has 0 radical (unpaired) electrons. The first kappa shape index (κ1) is 16.3. The van der Waals surface area contributed by atoms with E-state index >= 15 is 0 Å². The zero-order valence-electron chi connectivity index (χ0n) is 11.5. The van der Waals surface area contributed by atoms with Gasteiger partial charge in [-0.25, -0.2) is 4.79 Å². The van der Waals surface area contributed by atoms with Crippen molar-refractivity contribution in [3.8, 4) is 0 Å². The molecule has 0 atom stereocenters. The van der Waals surface area contributed by atoms with E-state index in [0.717, 1.165) is 22.3 Å². The van der Waals surface area contributed by atoms with Gasteiger partial charge in [0.25, 0.3) is 0 Å². The Balaban J connectivity index is 1.95. The predicted molar refractivity (Wildman–Crippen MR) is 87.5 cm³/mol. The molecule has 1 N–H and O–H groups in total. The number of carboxylic acids is 1. The first-order valence-corrected chi connectivity index (χ1v) is 7.99. The van der Waals surface area contributed by atoms with Crippen LogP contribution in [0.5, 0.6) is 0 Å². The fourth-order valence-electron chi connectivity index (χ4n) is 2.07. The van der Waals surface area contributed by atoms with Crippen LogP contribution in [0.2, 0.25) is 0 Å². The molecule has 2 rings (SSSR count). The molecule has 0 bridgehead atoms. The lowest BCUT2D eigenvalue weighted by Gasteiger charge is -2.15. The van der Waals surface area contributed by atoms with Gasteiger partial charge in [0.1, 0.15) is 5.76 Å². The van der Waals surface area contributed by atoms with Crippen LogP contribution in [0.15, 0.2) is 43.9 Å². The number of likely N-dealkylation sites (N-methyl/N-ethyl adjacent to an activating group) is 1. The normalized spacial score (nSPS) is 11.0. The van der Waals surface area contributed by atoms with Crippen molar-refractivity contribution in [2.24, 2.45) is 0 Å². The van der Waals surface area contributed by atoms with Crippen LogP contribution in [-0.2, 0) is 13.0 Å². The van der Waals surface area contributed by atoms with Gasteiger partial charge in [0.2, 0.25) is 0 Å². The maximum Gasteiger partial charge on any atom is 0.335 e. The molecule has 0 saturated heterocycles. The summed E-state index contributed by atoms with van der Waals surface area (Å²) in [6.45, 7) is 1.42. The Morgan fingerprint density at radius 3 is 2.67 bits per heavy atom. The number of carboxylic acid groups (broad SMARTS) is 1. The van der Waals surface area contributed by atoms with Gasteiger partial charge in [-0.15, -0.1) is 0 Å². The third-order valence-corrected chi connectivity index (χ3v) is 4.84. The van der Waals surface area contributed by atoms with Gasteiger partial charge in [-0.1, -0.05) is 18.2 Å². The molecule has 4 nitrogen and oxygen atoms in total. The van der Waals surface area contributed by atoms with Crippen LogP contribution in [0.25, 0.3) is 0 Å². The van der Waals surface area contributed by atoms with Gasteiger partial charge in [-0.3, -0.25) is 4.90 Å². The Bertz CT molecular complexity index is 620. The highest BCUT2D eigenvalue weighted by Crippen LogP contribution is 2.27. The Kier molecular flexibility index (Phi) is 5.61. The van der Waals surface area contributed by atoms with Crippen LogP contribution in [0.1, 0.15) is 21.7 Å². The third-order valence-electron chi connectivity index (χ3n) is 3.13. The first-order valence-electron chi connectivity index (χ1n) is 6.41. The van der Waals surface area contributed by atoms with Crippen LogP contribution >= 0.6 is 31.9 Å². The summed E-state index contributed by atoms with van der Waals surface area (Å²) >= 11 is 6.69. The van der Waals surface area contributed by atoms with E-state index in [0.29, 0.717) is 23.2 Å². The second-order valence-electron chi connectivity index (χ2n) is 4.78. The van der Waals surface area contributed by atoms with Crippen molar-refractivity contribution in [3.63, 3.8) is 0 Å². The molecule has 0 spiro atoms. The van der Waals surface area contributed by atoms with E-state index in [-0.39, 0.29) is 0 Å². The summed E-state index contributed by atoms with van der Waals surface area (Å²) in [7, 11) is 1.98. The highest BCUT2D eigenvalue weighted by Gasteiger charge is 2.11. The molecule has 2 aromatic rings. The smallest absolute Gasteiger partial charge is 0.335 e. The Labute approximate surface area is 140 Å². The zero-order chi connectivity index (χ0) is 15.4. The second kappa shape index (κ2) is 7.24. The average molecular weight is 417 g/mol. The van der Waals surface area contributed by atoms with E-state index < -0.39 is 5.97 Å². The molecule has 6 heteroatoms. The van der Waals surface area contributed by atoms with Crippen molar-refractivity contribution in [3.05, 3.63) is 56.4 Å². The fourth-order valence-corrected chi connectivity index (χ4v) is 2.73. The van der Waals surface area contributed by atoms with Crippen molar-refractivity contribution in [1.82, 2.24) is 4.90 Å². The summed E-state index contributed by atoms with van der Waals surface area (Å²) in [4.78, 5) is 13.3. The molecule has 21 heavy (non-hydrogen) atoms. The lowest BCUT2D eigenvalue weighted by atomic mass is 10.0. The van der Waals surface area contributed by atoms with Crippen LogP contribution in [0, 0.1) is 0 Å². The summed E-state index contributed by atoms with van der Waals surface area (Å²) in [6.07, 6.45) is 0.683. The molecular formula is C15H15Br2NO3. The predicted octanol–water partition coefficient (Wildman–Crippen LogP) is 4.18. The quantitative estimate of drug-likeness (QED) is 0.767. The standard InChI is InChI=1S/C15H15Br2NO3/c1-18(9-11-8-13(16)14(17)21-11)7-6-10-4-2-3-5-12(10)15(19)20/h2-5,8H,6-7,9H2,1H3,(H,19,20). The summed E-state index contributed by atoms with van der Waals surface area (Å²) in [5.41, 5.74) is 1.22. The Morgan fingerprint density at radius 1 is 1.33 bits per heavy atom. The Hall–Kier alpha value is -1.11. The lowest BCUT2D eigenvalue weighted by molar-refractivity contribution is 0.0695. The summed E-state index contributed by atoms with van der Waals surface area (Å²) < 4.78 is 7.11. The van der Waals surface area contributed by atoms with Crippen molar-refractivity contribution >= 4 is 37.8 Å². The number of carbonyl (C=O) groups is 1. The monoisotopic (exact) mass is 415 g/mol. The number of furan rings is 1. The van der Waals surface area contributed by atoms with Crippen LogP contribution < -0.4 is 0 Å². The maximum absolute atomic E-state index is 11.2. The van der Waals surface area contributed by atoms with E-state index in [2.05, 4.69) is 36.8 Å². The van der Waals surface area contributed by atoms with Crippen LogP contribution in [0.4, 0.5) is 0 Å². The molecule has 0 unspecified atom stereocenters. The number of hydrogen-bond acceptors (Lipinski definition) is 3. The van der Waals surface area contributed by atoms with Gasteiger partial charge >= 0.3 is 5.97 Å². The lowest BCUT2D eigenvalue weighted by Crippen LogP contribution is -2.21. The number of aromatic carboxylic acids is 1. The van der Waals surface area contributed by atoms with Crippen LogP contribution in [-0.4, -0.2) is 29.6 Å². The molecule has 0 saturated carbocycles. The maximum atomic E-state index is 11.2. The highest BCUT2D eigenvalue weighted by atomic mass is 79.9. The van der Waals surface area contributed by atoms with E-state index in [1.165, 1.54) is 0 Å². The minimum atomic E-state index is -0.882. The van der Waals surface area contributed by atoms with Gasteiger partial charge in [-0.05, 0) is 63.0 Å². The van der Waals surface area contributed by atoms with Crippen molar-refractivity contribution in [1.29, 1.82) is 0 Å². The highest BCUT2D eigenvalue weighted by molar-refractivity contribution is 9.13. The largest absolute Gasteiger partial charge is 0.478 e. The zero-order valence-corrected chi connectivity index (χ0v) is 14.6. The number of halogens is 2. The van der Waals surface area contributed by atoms with Crippen LogP contribution in [0.3, 0.4) is 0 Å². The molecule has 112 valence electrons. The minimum Gasteiger partial charge on any atom is -0.478 e. The van der Waals surface area contributed by atoms with Gasteiger partial charge in [0.15, 0.2) is 4.67 Å². The molecule has 0 fully saturated rings. The van der Waals surface area contributed by atoms with Crippen molar-refractivity contribution in [2.45, 2.75) is 13.0 Å². The molecule has 1 aromatic carbocycles. The topological polar surface area (TPSA) is 53.7 Å². The molecule has 0 aliphatic heterocycles. The van der Waals surface area contributed by atoms with E-state index in [1.54, 1.807) is 12.1 Å². The number of benzene rings is 1. The second-order valence-corrected chi connectivity index (χ2v) is 6.36. The van der Waals surface area contributed by atoms with Crippen molar-refractivity contribution in [2.75, 3.05) is 13.6 Å². The van der Waals surface area contributed by atoms with Gasteiger partial charge in [0.05, 0.1) is 16.6 Å². The van der Waals surface area contributed by atoms with Gasteiger partial charge in [-0.2, -0.15) is 0 Å². The summed E-state index contributed by atoms with van der Waals surface area (Å²) in [5, 5.41) is 9.16. The fraction of sp³-hybridized carbons (Fsp3) is 0.267. The van der Waals surface area contributed by atoms with Gasteiger partial charge in [0, 0.05) is 6.54 Å². The van der Waals surface area contributed by atoms with Crippen molar-refractivity contribution < 1.29 is 14.3 Å². The molecule has 0 aliphatic rings. The Morgan fingerprint density at radius 2 is 2.05 bits per heavy atom. The molecule has 0 aliphatic carbocycles. The number of nitrogens with zero attached hydrogens (tertiary/aromatic N) is 1. The number of rotatable bonds is 6. The third kappa shape index (κ3) is 4.43.